The van der Waals surface area contributed by atoms with Crippen molar-refractivity contribution in [2.45, 2.75) is 0 Å². The third kappa shape index (κ3) is 0.981. The van der Waals surface area contributed by atoms with Gasteiger partial charge in [-0.05, 0) is 0 Å². The molecule has 1 aromatic rings. The Labute approximate surface area is 75.0 Å². The van der Waals surface area contributed by atoms with Gasteiger partial charge < -0.3 is 5.73 Å². The first kappa shape index (κ1) is 7.29. The summed E-state index contributed by atoms with van der Waals surface area (Å²) >= 11 is 3.08. The number of aromatic nitrogens is 2. The van der Waals surface area contributed by atoms with Gasteiger partial charge in [-0.2, -0.15) is 0 Å². The monoisotopic (exact) mass is 229 g/mol. The van der Waals surface area contributed by atoms with E-state index >= 15 is 0 Å². The molecular weight excluding hydrogens is 226 g/mol. The van der Waals surface area contributed by atoms with Crippen LogP contribution in [0.2, 0.25) is 0 Å². The fourth-order valence-electron chi connectivity index (χ4n) is 0.896. The predicted molar refractivity (Wildman–Crippen MR) is 48.6 cm³/mol. The largest absolute Gasteiger partial charge is 0.355 e. The Morgan fingerprint density at radius 3 is 3.08 bits per heavy atom. The lowest BCUT2D eigenvalue weighted by Crippen LogP contribution is -2.14. The Morgan fingerprint density at radius 2 is 2.33 bits per heavy atom. The minimum Gasteiger partial charge on any atom is -0.355 e. The molecule has 1 radical (unpaired) electrons. The summed E-state index contributed by atoms with van der Waals surface area (Å²) in [5, 5.41) is 2.70. The first-order valence-corrected chi connectivity index (χ1v) is 3.87. The quantitative estimate of drug-likeness (QED) is 0.523. The van der Waals surface area contributed by atoms with Crippen LogP contribution in [0.25, 0.3) is 0 Å². The van der Waals surface area contributed by atoms with Gasteiger partial charge in [0.15, 0.2) is 0 Å². The molecule has 0 saturated carbocycles. The molecule has 0 amide bonds. The number of aliphatic imine (C=N–C) groups is 1. The molecule has 4 N–H and O–H groups in total. The van der Waals surface area contributed by atoms with Crippen LogP contribution in [0.3, 0.4) is 0 Å². The number of hydrogen-bond acceptors (Lipinski definition) is 5. The zero-order valence-electron chi connectivity index (χ0n) is 5.76. The van der Waals surface area contributed by atoms with Crippen molar-refractivity contribution in [2.75, 3.05) is 11.1 Å². The van der Waals surface area contributed by atoms with Gasteiger partial charge in [-0.25, -0.2) is 0 Å². The molecular formula is C5H4BrN5O+. The number of nitrogens with two attached hydrogens (primary N) is 1. The maximum absolute atomic E-state index is 11.1. The Balaban J connectivity index is 2.70. The van der Waals surface area contributed by atoms with Gasteiger partial charge in [-0.15, -0.1) is 0 Å². The van der Waals surface area contributed by atoms with Crippen molar-refractivity contribution in [3.8, 4) is 0 Å². The van der Waals surface area contributed by atoms with E-state index in [1.807, 2.05) is 0 Å². The zero-order valence-corrected chi connectivity index (χ0v) is 7.34. The Kier molecular flexibility index (Phi) is 1.40. The van der Waals surface area contributed by atoms with Crippen LogP contribution in [0.4, 0.5) is 17.5 Å². The topological polar surface area (TPSA) is 97.9 Å². The SMILES string of the molecule is Nc1nc2c(c(=O)[nH]1)NC(Br)=[N+]2. The van der Waals surface area contributed by atoms with Gasteiger partial charge in [0, 0.05) is 15.9 Å². The number of rotatable bonds is 0. The number of H-pyrrole nitrogens is 1. The summed E-state index contributed by atoms with van der Waals surface area (Å²) in [5.74, 6) is 0.370. The standard InChI is InChI=1S/C5H4BrN5O/c6-4-8-1-2(9-4)10-5(7)11-3(1)12/h8H,(H3,7,10,11,12)/q+1. The van der Waals surface area contributed by atoms with E-state index in [2.05, 4.69) is 36.2 Å². The fourth-order valence-corrected chi connectivity index (χ4v) is 1.26. The molecule has 0 bridgehead atoms. The normalized spacial score (nSPS) is 13.6. The Morgan fingerprint density at radius 1 is 1.58 bits per heavy atom. The number of anilines is 2. The van der Waals surface area contributed by atoms with Crippen LogP contribution in [0.5, 0.6) is 0 Å². The summed E-state index contributed by atoms with van der Waals surface area (Å²) in [6, 6.07) is 0. The first-order chi connectivity index (χ1) is 5.66. The van der Waals surface area contributed by atoms with Crippen molar-refractivity contribution in [1.29, 1.82) is 0 Å². The Hall–Kier alpha value is -1.37. The van der Waals surface area contributed by atoms with E-state index in [1.54, 1.807) is 0 Å². The maximum atomic E-state index is 11.1. The first-order valence-electron chi connectivity index (χ1n) is 3.08. The highest BCUT2D eigenvalue weighted by Gasteiger charge is 2.27. The number of amidine groups is 1. The number of nitrogen functional groups attached to an aromatic ring is 1. The summed E-state index contributed by atoms with van der Waals surface area (Å²) in [5.41, 5.74) is 5.29. The highest BCUT2D eigenvalue weighted by Crippen LogP contribution is 2.18. The second kappa shape index (κ2) is 2.31. The second-order valence-electron chi connectivity index (χ2n) is 2.18. The summed E-state index contributed by atoms with van der Waals surface area (Å²) in [6.07, 6.45) is 0. The van der Waals surface area contributed by atoms with Gasteiger partial charge in [0.05, 0.1) is 0 Å². The molecule has 0 unspecified atom stereocenters. The van der Waals surface area contributed by atoms with Crippen molar-refractivity contribution in [1.82, 2.24) is 15.0 Å². The molecule has 0 aliphatic carbocycles. The lowest BCUT2D eigenvalue weighted by Gasteiger charge is -1.88. The number of halogens is 1. The number of nitrogens with one attached hydrogen (secondary N) is 2. The van der Waals surface area contributed by atoms with E-state index in [4.69, 9.17) is 5.73 Å². The van der Waals surface area contributed by atoms with Crippen LogP contribution in [0, 0.1) is 0 Å². The molecule has 0 fully saturated rings. The van der Waals surface area contributed by atoms with Crippen LogP contribution in [0.1, 0.15) is 0 Å². The minimum absolute atomic E-state index is 0.0616. The zero-order chi connectivity index (χ0) is 8.72. The molecule has 0 atom stereocenters. The van der Waals surface area contributed by atoms with Crippen LogP contribution >= 0.6 is 15.9 Å². The van der Waals surface area contributed by atoms with E-state index < -0.39 is 0 Å². The number of aromatic amines is 1. The van der Waals surface area contributed by atoms with E-state index in [1.165, 1.54) is 0 Å². The molecule has 7 heteroatoms. The molecule has 0 spiro atoms. The van der Waals surface area contributed by atoms with Gasteiger partial charge in [0.1, 0.15) is 0 Å². The average Bonchev–Trinajstić information content (AvgIpc) is 2.29. The highest BCUT2D eigenvalue weighted by molar-refractivity contribution is 9.18. The highest BCUT2D eigenvalue weighted by atomic mass is 79.9. The third-order valence-electron chi connectivity index (χ3n) is 1.35. The van der Waals surface area contributed by atoms with Crippen molar-refractivity contribution >= 4 is 38.1 Å². The summed E-state index contributed by atoms with van der Waals surface area (Å²) in [7, 11) is 0. The lowest BCUT2D eigenvalue weighted by molar-refractivity contribution is 1.12. The van der Waals surface area contributed by atoms with Crippen LogP contribution in [0.15, 0.2) is 4.79 Å². The van der Waals surface area contributed by atoms with Crippen molar-refractivity contribution < 1.29 is 0 Å². The summed E-state index contributed by atoms with van der Waals surface area (Å²) in [4.78, 5) is 21.2. The maximum Gasteiger partial charge on any atom is 0.346 e. The Bertz CT molecular complexity index is 422. The van der Waals surface area contributed by atoms with Crippen molar-refractivity contribution in [3.05, 3.63) is 10.4 Å². The number of fused-ring (bicyclic) bond motifs is 1. The van der Waals surface area contributed by atoms with Gasteiger partial charge in [0.25, 0.3) is 11.5 Å². The molecule has 2 heterocycles. The number of nitrogens with zero attached hydrogens (tertiary/aromatic N) is 2. The van der Waals surface area contributed by atoms with Crippen LogP contribution in [-0.4, -0.2) is 14.7 Å². The van der Waals surface area contributed by atoms with Crippen LogP contribution in [-0.2, 0) is 0 Å². The average molecular weight is 230 g/mol. The predicted octanol–water partition coefficient (Wildman–Crippen LogP) is -0.504. The minimum atomic E-state index is -0.323. The summed E-state index contributed by atoms with van der Waals surface area (Å²) < 4.78 is 0.459. The molecule has 61 valence electrons. The lowest BCUT2D eigenvalue weighted by atomic mass is 10.5. The molecule has 1 aliphatic heterocycles. The molecule has 1 aromatic heterocycles. The smallest absolute Gasteiger partial charge is 0.346 e. The van der Waals surface area contributed by atoms with Gasteiger partial charge in [0.2, 0.25) is 5.69 Å². The fraction of sp³-hybridized carbons (Fsp3) is 0. The summed E-state index contributed by atoms with van der Waals surface area (Å²) in [6.45, 7) is 0. The van der Waals surface area contributed by atoms with Gasteiger partial charge >= 0.3 is 10.6 Å². The van der Waals surface area contributed by atoms with E-state index in [0.29, 0.717) is 16.3 Å². The van der Waals surface area contributed by atoms with Crippen molar-refractivity contribution in [2.24, 2.45) is 0 Å². The third-order valence-corrected chi connectivity index (χ3v) is 1.73. The van der Waals surface area contributed by atoms with Crippen LogP contribution < -0.4 is 21.6 Å². The molecule has 0 saturated heterocycles. The second-order valence-corrected chi connectivity index (χ2v) is 2.93. The van der Waals surface area contributed by atoms with E-state index in [9.17, 15) is 4.79 Å². The van der Waals surface area contributed by atoms with E-state index in [-0.39, 0.29) is 11.5 Å². The number of hydrogen-bond donors (Lipinski definition) is 3. The molecule has 12 heavy (non-hydrogen) atoms. The van der Waals surface area contributed by atoms with E-state index in [0.717, 1.165) is 0 Å². The molecule has 1 aliphatic rings. The molecule has 6 nitrogen and oxygen atoms in total. The van der Waals surface area contributed by atoms with Crippen molar-refractivity contribution in [3.63, 3.8) is 0 Å². The molecule has 0 aromatic carbocycles. The van der Waals surface area contributed by atoms with Gasteiger partial charge in [-0.3, -0.25) is 15.1 Å². The molecule has 2 rings (SSSR count). The van der Waals surface area contributed by atoms with Gasteiger partial charge in [-0.1, -0.05) is 9.98 Å².